The summed E-state index contributed by atoms with van der Waals surface area (Å²) >= 11 is 0. The summed E-state index contributed by atoms with van der Waals surface area (Å²) in [6.45, 7) is 3.91. The molecule has 0 radical (unpaired) electrons. The normalized spacial score (nSPS) is 12.6. The van der Waals surface area contributed by atoms with Crippen molar-refractivity contribution in [2.75, 3.05) is 6.61 Å². The molecule has 0 aliphatic heterocycles. The second-order valence-electron chi connectivity index (χ2n) is 4.86. The molecule has 6 nitrogen and oxygen atoms in total. The Kier molecular flexibility index (Phi) is 5.16. The Hall–Kier alpha value is -2.08. The van der Waals surface area contributed by atoms with E-state index in [9.17, 15) is 9.90 Å². The molecule has 2 heterocycles. The van der Waals surface area contributed by atoms with Crippen LogP contribution in [0.5, 0.6) is 0 Å². The van der Waals surface area contributed by atoms with Crippen LogP contribution in [0.15, 0.2) is 35.1 Å². The molecule has 0 saturated carbocycles. The van der Waals surface area contributed by atoms with E-state index in [4.69, 9.17) is 4.42 Å². The Morgan fingerprint density at radius 1 is 1.43 bits per heavy atom. The molecule has 2 aromatic heterocycles. The Labute approximate surface area is 123 Å². The highest BCUT2D eigenvalue weighted by molar-refractivity contribution is 5.92. The van der Waals surface area contributed by atoms with Gasteiger partial charge in [-0.2, -0.15) is 5.10 Å². The fourth-order valence-corrected chi connectivity index (χ4v) is 2.35. The molecule has 1 atom stereocenters. The average Bonchev–Trinajstić information content (AvgIpc) is 3.17. The van der Waals surface area contributed by atoms with E-state index >= 15 is 0 Å². The van der Waals surface area contributed by atoms with Gasteiger partial charge < -0.3 is 14.8 Å². The molecular formula is C15H21N3O3. The molecule has 6 heteroatoms. The van der Waals surface area contributed by atoms with Crippen LogP contribution in [0.1, 0.15) is 55.0 Å². The van der Waals surface area contributed by atoms with Crippen LogP contribution in [0.25, 0.3) is 0 Å². The van der Waals surface area contributed by atoms with Gasteiger partial charge in [0.1, 0.15) is 17.5 Å². The zero-order valence-corrected chi connectivity index (χ0v) is 12.3. The van der Waals surface area contributed by atoms with E-state index in [-0.39, 0.29) is 18.6 Å². The third-order valence-electron chi connectivity index (χ3n) is 3.57. The maximum Gasteiger partial charge on any atom is 0.270 e. The number of nitrogens with one attached hydrogen (secondary N) is 1. The number of carbonyl (C=O) groups is 1. The highest BCUT2D eigenvalue weighted by Gasteiger charge is 2.21. The van der Waals surface area contributed by atoms with Gasteiger partial charge in [0.15, 0.2) is 0 Å². The van der Waals surface area contributed by atoms with E-state index in [1.54, 1.807) is 29.1 Å². The number of furan rings is 1. The lowest BCUT2D eigenvalue weighted by atomic mass is 10.1. The molecule has 1 amide bonds. The van der Waals surface area contributed by atoms with Crippen molar-refractivity contribution in [2.45, 2.75) is 38.8 Å². The first-order valence-electron chi connectivity index (χ1n) is 7.19. The molecule has 0 spiro atoms. The quantitative estimate of drug-likeness (QED) is 0.820. The van der Waals surface area contributed by atoms with Crippen LogP contribution in [0.3, 0.4) is 0 Å². The molecule has 0 fully saturated rings. The molecule has 2 N–H and O–H groups in total. The summed E-state index contributed by atoms with van der Waals surface area (Å²) in [7, 11) is 0. The summed E-state index contributed by atoms with van der Waals surface area (Å²) in [6, 6.07) is 4.76. The van der Waals surface area contributed by atoms with Gasteiger partial charge in [0.25, 0.3) is 5.91 Å². The highest BCUT2D eigenvalue weighted by Crippen LogP contribution is 2.18. The Balaban J connectivity index is 2.15. The van der Waals surface area contributed by atoms with E-state index in [1.165, 1.54) is 6.26 Å². The van der Waals surface area contributed by atoms with Gasteiger partial charge in [-0.05, 0) is 31.0 Å². The second-order valence-corrected chi connectivity index (χ2v) is 4.86. The number of aliphatic hydroxyl groups excluding tert-OH is 1. The SMILES string of the molecule is CCC(CC)n1nccc1C(=O)NC(CO)c1ccco1. The Bertz CT molecular complexity index is 558. The molecule has 21 heavy (non-hydrogen) atoms. The second kappa shape index (κ2) is 7.08. The van der Waals surface area contributed by atoms with E-state index in [1.807, 2.05) is 0 Å². The predicted molar refractivity (Wildman–Crippen MR) is 77.8 cm³/mol. The minimum Gasteiger partial charge on any atom is -0.467 e. The van der Waals surface area contributed by atoms with Crippen molar-refractivity contribution in [3.05, 3.63) is 42.1 Å². The highest BCUT2D eigenvalue weighted by atomic mass is 16.3. The fraction of sp³-hybridized carbons (Fsp3) is 0.467. The molecule has 0 bridgehead atoms. The number of hydrogen-bond acceptors (Lipinski definition) is 4. The van der Waals surface area contributed by atoms with Crippen molar-refractivity contribution in [1.82, 2.24) is 15.1 Å². The van der Waals surface area contributed by atoms with Gasteiger partial charge in [-0.3, -0.25) is 9.48 Å². The Morgan fingerprint density at radius 2 is 2.19 bits per heavy atom. The summed E-state index contributed by atoms with van der Waals surface area (Å²) in [4.78, 5) is 12.4. The number of rotatable bonds is 7. The molecule has 1 unspecified atom stereocenters. The molecule has 0 aliphatic rings. The van der Waals surface area contributed by atoms with Crippen molar-refractivity contribution < 1.29 is 14.3 Å². The molecule has 2 aromatic rings. The molecule has 0 saturated heterocycles. The standard InChI is InChI=1S/C15H21N3O3/c1-3-11(4-2)18-13(7-8-16-18)15(20)17-12(10-19)14-6-5-9-21-14/h5-9,11-12,19H,3-4,10H2,1-2H3,(H,17,20). The van der Waals surface area contributed by atoms with Crippen molar-refractivity contribution in [2.24, 2.45) is 0 Å². The number of aromatic nitrogens is 2. The van der Waals surface area contributed by atoms with Crippen molar-refractivity contribution in [3.63, 3.8) is 0 Å². The van der Waals surface area contributed by atoms with E-state index < -0.39 is 6.04 Å². The lowest BCUT2D eigenvalue weighted by Crippen LogP contribution is -2.32. The first-order chi connectivity index (χ1) is 10.2. The van der Waals surface area contributed by atoms with Crippen molar-refractivity contribution in [1.29, 1.82) is 0 Å². The van der Waals surface area contributed by atoms with Crippen molar-refractivity contribution in [3.8, 4) is 0 Å². The van der Waals surface area contributed by atoms with Crippen LogP contribution in [0.2, 0.25) is 0 Å². The predicted octanol–water partition coefficient (Wildman–Crippen LogP) is 2.30. The largest absolute Gasteiger partial charge is 0.467 e. The molecule has 2 rings (SSSR count). The van der Waals surface area contributed by atoms with Crippen LogP contribution < -0.4 is 5.32 Å². The van der Waals surface area contributed by atoms with Crippen LogP contribution in [0.4, 0.5) is 0 Å². The maximum atomic E-state index is 12.4. The lowest BCUT2D eigenvalue weighted by Gasteiger charge is -2.18. The number of hydrogen-bond donors (Lipinski definition) is 2. The number of aliphatic hydroxyl groups is 1. The maximum absolute atomic E-state index is 12.4. The smallest absolute Gasteiger partial charge is 0.270 e. The van der Waals surface area contributed by atoms with Crippen LogP contribution >= 0.6 is 0 Å². The third kappa shape index (κ3) is 3.33. The van der Waals surface area contributed by atoms with Gasteiger partial charge in [0, 0.05) is 6.20 Å². The number of nitrogens with zero attached hydrogens (tertiary/aromatic N) is 2. The van der Waals surface area contributed by atoms with Crippen LogP contribution in [-0.2, 0) is 0 Å². The van der Waals surface area contributed by atoms with Gasteiger partial charge >= 0.3 is 0 Å². The van der Waals surface area contributed by atoms with Gasteiger partial charge in [0.05, 0.1) is 18.9 Å². The minimum absolute atomic E-state index is 0.192. The average molecular weight is 291 g/mol. The lowest BCUT2D eigenvalue weighted by molar-refractivity contribution is 0.0893. The summed E-state index contributed by atoms with van der Waals surface area (Å²) in [6.07, 6.45) is 4.94. The summed E-state index contributed by atoms with van der Waals surface area (Å²) in [5.41, 5.74) is 0.494. The van der Waals surface area contributed by atoms with Crippen LogP contribution in [0, 0.1) is 0 Å². The summed E-state index contributed by atoms with van der Waals surface area (Å²) < 4.78 is 6.97. The third-order valence-corrected chi connectivity index (χ3v) is 3.57. The monoisotopic (exact) mass is 291 g/mol. The fourth-order valence-electron chi connectivity index (χ4n) is 2.35. The van der Waals surface area contributed by atoms with Gasteiger partial charge in [0.2, 0.25) is 0 Å². The number of carbonyl (C=O) groups excluding carboxylic acids is 1. The first-order valence-corrected chi connectivity index (χ1v) is 7.19. The number of amides is 1. The molecular weight excluding hydrogens is 270 g/mol. The summed E-state index contributed by atoms with van der Waals surface area (Å²) in [5, 5.41) is 16.4. The van der Waals surface area contributed by atoms with Gasteiger partial charge in [-0.15, -0.1) is 0 Å². The van der Waals surface area contributed by atoms with E-state index in [0.717, 1.165) is 12.8 Å². The van der Waals surface area contributed by atoms with E-state index in [2.05, 4.69) is 24.3 Å². The van der Waals surface area contributed by atoms with Crippen LogP contribution in [-0.4, -0.2) is 27.4 Å². The topological polar surface area (TPSA) is 80.3 Å². The van der Waals surface area contributed by atoms with Gasteiger partial charge in [-0.25, -0.2) is 0 Å². The zero-order chi connectivity index (χ0) is 15.2. The summed E-state index contributed by atoms with van der Waals surface area (Å²) in [5.74, 6) is 0.259. The first kappa shape index (κ1) is 15.3. The molecule has 0 aliphatic carbocycles. The minimum atomic E-state index is -0.558. The zero-order valence-electron chi connectivity index (χ0n) is 12.3. The Morgan fingerprint density at radius 3 is 2.76 bits per heavy atom. The van der Waals surface area contributed by atoms with Crippen molar-refractivity contribution >= 4 is 5.91 Å². The van der Waals surface area contributed by atoms with Gasteiger partial charge in [-0.1, -0.05) is 13.8 Å². The molecule has 114 valence electrons. The molecule has 0 aromatic carbocycles. The van der Waals surface area contributed by atoms with E-state index in [0.29, 0.717) is 11.5 Å².